The van der Waals surface area contributed by atoms with Crippen LogP contribution >= 0.6 is 23.2 Å². The van der Waals surface area contributed by atoms with E-state index in [4.69, 9.17) is 27.9 Å². The first-order valence-corrected chi connectivity index (χ1v) is 11.4. The SMILES string of the molecule is Cc1cc(Cl)ccc1OC(=O)C1CCN(S(=O)(=O)c2ccc(Cl)c(C(F)(F)F)c2)CC1. The van der Waals surface area contributed by atoms with Crippen LogP contribution in [0.5, 0.6) is 5.75 Å². The second-order valence-corrected chi connectivity index (χ2v) is 9.93. The van der Waals surface area contributed by atoms with Gasteiger partial charge in [-0.05, 0) is 61.7 Å². The van der Waals surface area contributed by atoms with Crippen LogP contribution in [0.2, 0.25) is 10.0 Å². The van der Waals surface area contributed by atoms with E-state index < -0.39 is 43.6 Å². The molecule has 2 aromatic rings. The van der Waals surface area contributed by atoms with Crippen molar-refractivity contribution in [1.29, 1.82) is 0 Å². The van der Waals surface area contributed by atoms with Crippen molar-refractivity contribution in [2.75, 3.05) is 13.1 Å². The predicted molar refractivity (Wildman–Crippen MR) is 110 cm³/mol. The highest BCUT2D eigenvalue weighted by Gasteiger charge is 2.37. The Balaban J connectivity index is 1.69. The lowest BCUT2D eigenvalue weighted by Gasteiger charge is -2.30. The van der Waals surface area contributed by atoms with Crippen LogP contribution in [0.25, 0.3) is 0 Å². The van der Waals surface area contributed by atoms with Gasteiger partial charge in [0.2, 0.25) is 10.0 Å². The molecule has 11 heteroatoms. The molecule has 0 bridgehead atoms. The van der Waals surface area contributed by atoms with Crippen molar-refractivity contribution in [3.63, 3.8) is 0 Å². The third kappa shape index (κ3) is 5.34. The Morgan fingerprint density at radius 2 is 1.74 bits per heavy atom. The lowest BCUT2D eigenvalue weighted by Crippen LogP contribution is -2.41. The molecule has 0 saturated carbocycles. The Morgan fingerprint density at radius 3 is 2.32 bits per heavy atom. The van der Waals surface area contributed by atoms with Crippen LogP contribution in [0.4, 0.5) is 13.2 Å². The summed E-state index contributed by atoms with van der Waals surface area (Å²) in [6.07, 6.45) is -4.41. The van der Waals surface area contributed by atoms with Crippen LogP contribution in [-0.4, -0.2) is 31.8 Å². The molecular weight excluding hydrogens is 478 g/mol. The molecule has 0 aliphatic carbocycles. The molecule has 5 nitrogen and oxygen atoms in total. The van der Waals surface area contributed by atoms with Crippen molar-refractivity contribution in [1.82, 2.24) is 4.31 Å². The van der Waals surface area contributed by atoms with Gasteiger partial charge in [0, 0.05) is 18.1 Å². The molecule has 1 aliphatic rings. The van der Waals surface area contributed by atoms with E-state index in [1.54, 1.807) is 25.1 Å². The first-order valence-electron chi connectivity index (χ1n) is 9.24. The van der Waals surface area contributed by atoms with Crippen molar-refractivity contribution >= 4 is 39.2 Å². The fraction of sp³-hybridized carbons (Fsp3) is 0.350. The molecule has 0 unspecified atom stereocenters. The number of ether oxygens (including phenoxy) is 1. The highest BCUT2D eigenvalue weighted by Crippen LogP contribution is 2.37. The number of hydrogen-bond donors (Lipinski definition) is 0. The number of hydrogen-bond acceptors (Lipinski definition) is 4. The summed E-state index contributed by atoms with van der Waals surface area (Å²) >= 11 is 11.5. The Labute approximate surface area is 187 Å². The van der Waals surface area contributed by atoms with Gasteiger partial charge < -0.3 is 4.74 Å². The fourth-order valence-electron chi connectivity index (χ4n) is 3.28. The summed E-state index contributed by atoms with van der Waals surface area (Å²) in [5.74, 6) is -0.656. The van der Waals surface area contributed by atoms with E-state index in [0.29, 0.717) is 22.4 Å². The van der Waals surface area contributed by atoms with E-state index in [1.807, 2.05) is 0 Å². The lowest BCUT2D eigenvalue weighted by atomic mass is 9.98. The molecule has 168 valence electrons. The second kappa shape index (κ2) is 8.97. The van der Waals surface area contributed by atoms with Gasteiger partial charge in [-0.25, -0.2) is 8.42 Å². The van der Waals surface area contributed by atoms with Crippen LogP contribution < -0.4 is 4.74 Å². The minimum atomic E-state index is -4.78. The molecule has 0 radical (unpaired) electrons. The van der Waals surface area contributed by atoms with Gasteiger partial charge in [-0.15, -0.1) is 0 Å². The number of benzene rings is 2. The molecule has 0 amide bonds. The molecule has 2 aromatic carbocycles. The standard InChI is InChI=1S/C20H18Cl2F3NO4S/c1-12-10-14(21)2-5-18(12)30-19(27)13-6-8-26(9-7-13)31(28,29)15-3-4-17(22)16(11-15)20(23,24)25/h2-5,10-11,13H,6-9H2,1H3. The van der Waals surface area contributed by atoms with Crippen molar-refractivity contribution in [3.8, 4) is 5.75 Å². The molecule has 1 fully saturated rings. The van der Waals surface area contributed by atoms with Crippen LogP contribution in [0.1, 0.15) is 24.0 Å². The zero-order valence-corrected chi connectivity index (χ0v) is 18.6. The summed E-state index contributed by atoms with van der Waals surface area (Å²) in [5.41, 5.74) is -0.531. The van der Waals surface area contributed by atoms with Crippen LogP contribution in [0.3, 0.4) is 0 Å². The minimum Gasteiger partial charge on any atom is -0.426 e. The summed E-state index contributed by atoms with van der Waals surface area (Å²) in [6, 6.07) is 7.30. The quantitative estimate of drug-likeness (QED) is 0.424. The van der Waals surface area contributed by atoms with Crippen molar-refractivity contribution in [2.45, 2.75) is 30.8 Å². The summed E-state index contributed by atoms with van der Waals surface area (Å²) < 4.78 is 71.3. The van der Waals surface area contributed by atoms with Gasteiger partial charge in [0.25, 0.3) is 0 Å². The van der Waals surface area contributed by atoms with Gasteiger partial charge in [-0.3, -0.25) is 4.79 Å². The number of aryl methyl sites for hydroxylation is 1. The zero-order chi connectivity index (χ0) is 23.0. The fourth-order valence-corrected chi connectivity index (χ4v) is 5.23. The van der Waals surface area contributed by atoms with Crippen LogP contribution in [-0.2, 0) is 21.0 Å². The number of alkyl halides is 3. The number of carbonyl (C=O) groups excluding carboxylic acids is 1. The van der Waals surface area contributed by atoms with Gasteiger partial charge in [0.15, 0.2) is 0 Å². The summed E-state index contributed by atoms with van der Waals surface area (Å²) in [5, 5.41) is -0.0721. The molecule has 3 rings (SSSR count). The predicted octanol–water partition coefficient (Wildman–Crippen LogP) is 5.33. The van der Waals surface area contributed by atoms with Gasteiger partial charge >= 0.3 is 12.1 Å². The number of piperidine rings is 1. The number of nitrogens with zero attached hydrogens (tertiary/aromatic N) is 1. The first-order chi connectivity index (χ1) is 14.4. The molecule has 1 aliphatic heterocycles. The molecule has 1 heterocycles. The number of esters is 1. The largest absolute Gasteiger partial charge is 0.426 e. The highest BCUT2D eigenvalue weighted by atomic mass is 35.5. The average molecular weight is 496 g/mol. The maximum Gasteiger partial charge on any atom is 0.417 e. The van der Waals surface area contributed by atoms with E-state index in [2.05, 4.69) is 0 Å². The molecule has 0 spiro atoms. The van der Waals surface area contributed by atoms with Gasteiger partial charge in [0.05, 0.1) is 21.4 Å². The summed E-state index contributed by atoms with van der Waals surface area (Å²) in [4.78, 5) is 12.0. The highest BCUT2D eigenvalue weighted by molar-refractivity contribution is 7.89. The third-order valence-electron chi connectivity index (χ3n) is 5.02. The summed E-state index contributed by atoms with van der Waals surface area (Å²) in [6.45, 7) is 1.70. The molecule has 0 N–H and O–H groups in total. The number of sulfonamides is 1. The summed E-state index contributed by atoms with van der Waals surface area (Å²) in [7, 11) is -4.17. The van der Waals surface area contributed by atoms with Crippen molar-refractivity contribution in [3.05, 3.63) is 57.6 Å². The zero-order valence-electron chi connectivity index (χ0n) is 16.2. The molecule has 0 aromatic heterocycles. The minimum absolute atomic E-state index is 0.0221. The second-order valence-electron chi connectivity index (χ2n) is 7.15. The number of carbonyl (C=O) groups is 1. The lowest BCUT2D eigenvalue weighted by molar-refractivity contribution is -0.140. The Morgan fingerprint density at radius 1 is 1.10 bits per heavy atom. The molecule has 1 saturated heterocycles. The van der Waals surface area contributed by atoms with Gasteiger partial charge in [0.1, 0.15) is 5.75 Å². The Hall–Kier alpha value is -1.81. The monoisotopic (exact) mass is 495 g/mol. The van der Waals surface area contributed by atoms with Crippen molar-refractivity contribution < 1.29 is 31.1 Å². The normalized spacial score (nSPS) is 16.3. The first kappa shape index (κ1) is 23.8. The van der Waals surface area contributed by atoms with Gasteiger partial charge in [-0.2, -0.15) is 17.5 Å². The maximum absolute atomic E-state index is 13.1. The number of halogens is 5. The third-order valence-corrected chi connectivity index (χ3v) is 7.48. The maximum atomic E-state index is 13.1. The van der Waals surface area contributed by atoms with E-state index in [-0.39, 0.29) is 25.9 Å². The Kier molecular flexibility index (Phi) is 6.90. The van der Waals surface area contributed by atoms with E-state index in [0.717, 1.165) is 16.4 Å². The van der Waals surface area contributed by atoms with E-state index >= 15 is 0 Å². The topological polar surface area (TPSA) is 63.7 Å². The van der Waals surface area contributed by atoms with Crippen LogP contribution in [0.15, 0.2) is 41.3 Å². The molecule has 31 heavy (non-hydrogen) atoms. The van der Waals surface area contributed by atoms with Gasteiger partial charge in [-0.1, -0.05) is 23.2 Å². The van der Waals surface area contributed by atoms with E-state index in [1.165, 1.54) is 0 Å². The number of rotatable bonds is 4. The smallest absolute Gasteiger partial charge is 0.417 e. The average Bonchev–Trinajstić information content (AvgIpc) is 2.69. The molecular formula is C20H18Cl2F3NO4S. The van der Waals surface area contributed by atoms with Crippen molar-refractivity contribution in [2.24, 2.45) is 5.92 Å². The van der Waals surface area contributed by atoms with E-state index in [9.17, 15) is 26.4 Å². The Bertz CT molecular complexity index is 1100. The molecule has 0 atom stereocenters. The van der Waals surface area contributed by atoms with Crippen LogP contribution in [0, 0.1) is 12.8 Å².